The molecule has 0 saturated heterocycles. The summed E-state index contributed by atoms with van der Waals surface area (Å²) in [4.78, 5) is 12.0. The lowest BCUT2D eigenvalue weighted by molar-refractivity contribution is 0.0346. The quantitative estimate of drug-likeness (QED) is 0.561. The molecule has 0 fully saturated rings. The molecule has 0 N–H and O–H groups in total. The van der Waals surface area contributed by atoms with Crippen LogP contribution in [0.3, 0.4) is 0 Å². The van der Waals surface area contributed by atoms with Crippen molar-refractivity contribution < 1.29 is 9.53 Å². The number of hydrogen-bond acceptors (Lipinski definition) is 2. The van der Waals surface area contributed by atoms with Gasteiger partial charge in [0.1, 0.15) is 6.10 Å². The van der Waals surface area contributed by atoms with E-state index in [4.69, 9.17) is 4.74 Å². The van der Waals surface area contributed by atoms with E-state index in [-0.39, 0.29) is 17.5 Å². The van der Waals surface area contributed by atoms with Crippen LogP contribution >= 0.6 is 15.9 Å². The van der Waals surface area contributed by atoms with Gasteiger partial charge in [0, 0.05) is 4.47 Å². The third-order valence-electron chi connectivity index (χ3n) is 3.77. The maximum Gasteiger partial charge on any atom is 0.338 e. The van der Waals surface area contributed by atoms with E-state index in [2.05, 4.69) is 42.8 Å². The Morgan fingerprint density at radius 1 is 1.15 bits per heavy atom. The van der Waals surface area contributed by atoms with E-state index in [1.807, 2.05) is 18.2 Å². The molecule has 1 aliphatic rings. The molecule has 0 heterocycles. The highest BCUT2D eigenvalue weighted by molar-refractivity contribution is 9.10. The van der Waals surface area contributed by atoms with Crippen LogP contribution in [0.25, 0.3) is 0 Å². The molecule has 20 heavy (non-hydrogen) atoms. The molecular formula is C17H21BrO2. The van der Waals surface area contributed by atoms with Crippen molar-refractivity contribution in [3.8, 4) is 0 Å². The lowest BCUT2D eigenvalue weighted by Crippen LogP contribution is -2.26. The van der Waals surface area contributed by atoms with Crippen LogP contribution in [0.1, 0.15) is 44.0 Å². The minimum absolute atomic E-state index is 0.0928. The lowest BCUT2D eigenvalue weighted by atomic mass is 9.75. The van der Waals surface area contributed by atoms with Gasteiger partial charge in [0.05, 0.1) is 5.56 Å². The third kappa shape index (κ3) is 3.95. The van der Waals surface area contributed by atoms with Crippen molar-refractivity contribution in [2.45, 2.75) is 39.7 Å². The molecule has 0 bridgehead atoms. The van der Waals surface area contributed by atoms with Gasteiger partial charge in [-0.1, -0.05) is 42.8 Å². The van der Waals surface area contributed by atoms with Crippen molar-refractivity contribution in [3.63, 3.8) is 0 Å². The van der Waals surface area contributed by atoms with Gasteiger partial charge in [-0.15, -0.1) is 0 Å². The van der Waals surface area contributed by atoms with Crippen molar-refractivity contribution >= 4 is 21.9 Å². The molecule has 0 spiro atoms. The molecule has 1 aromatic carbocycles. The van der Waals surface area contributed by atoms with Crippen molar-refractivity contribution in [1.82, 2.24) is 0 Å². The summed E-state index contributed by atoms with van der Waals surface area (Å²) in [7, 11) is 0. The Bertz CT molecular complexity index is 497. The Labute approximate surface area is 129 Å². The Balaban J connectivity index is 1.95. The maximum atomic E-state index is 12.0. The average molecular weight is 337 g/mol. The number of carbonyl (C=O) groups excluding carboxylic acids is 1. The van der Waals surface area contributed by atoms with Gasteiger partial charge in [-0.2, -0.15) is 0 Å². The molecule has 0 aliphatic heterocycles. The summed E-state index contributed by atoms with van der Waals surface area (Å²) in [6.45, 7) is 6.74. The van der Waals surface area contributed by atoms with E-state index in [9.17, 15) is 4.79 Å². The number of allylic oxidation sites excluding steroid dienone is 1. The highest BCUT2D eigenvalue weighted by Crippen LogP contribution is 2.34. The van der Waals surface area contributed by atoms with E-state index in [0.717, 1.165) is 17.3 Å². The van der Waals surface area contributed by atoms with E-state index in [1.165, 1.54) is 0 Å². The fourth-order valence-corrected chi connectivity index (χ4v) is 2.67. The van der Waals surface area contributed by atoms with Gasteiger partial charge in [-0.05, 0) is 54.5 Å². The fraction of sp³-hybridized carbons (Fsp3) is 0.471. The van der Waals surface area contributed by atoms with Gasteiger partial charge in [0.2, 0.25) is 0 Å². The van der Waals surface area contributed by atoms with E-state index < -0.39 is 0 Å². The summed E-state index contributed by atoms with van der Waals surface area (Å²) >= 11 is 3.35. The smallest absolute Gasteiger partial charge is 0.338 e. The van der Waals surface area contributed by atoms with Gasteiger partial charge >= 0.3 is 5.97 Å². The molecule has 2 rings (SSSR count). The molecular weight excluding hydrogens is 316 g/mol. The van der Waals surface area contributed by atoms with Gasteiger partial charge in [0.15, 0.2) is 0 Å². The highest BCUT2D eigenvalue weighted by Gasteiger charge is 2.27. The van der Waals surface area contributed by atoms with Crippen LogP contribution in [-0.4, -0.2) is 12.1 Å². The van der Waals surface area contributed by atoms with Crippen LogP contribution in [0.15, 0.2) is 40.9 Å². The van der Waals surface area contributed by atoms with Crippen molar-refractivity contribution in [2.75, 3.05) is 0 Å². The predicted octanol–water partition coefficient (Wildman–Crippen LogP) is 4.99. The minimum atomic E-state index is -0.249. The number of halogens is 1. The molecule has 1 aromatic rings. The van der Waals surface area contributed by atoms with E-state index in [0.29, 0.717) is 11.5 Å². The van der Waals surface area contributed by atoms with Gasteiger partial charge in [-0.3, -0.25) is 0 Å². The third-order valence-corrected chi connectivity index (χ3v) is 4.30. The molecule has 108 valence electrons. The normalized spacial score (nSPS) is 22.6. The molecule has 0 radical (unpaired) electrons. The number of ether oxygens (including phenoxy) is 1. The first-order chi connectivity index (χ1) is 9.36. The summed E-state index contributed by atoms with van der Waals surface area (Å²) in [5, 5.41) is 0. The van der Waals surface area contributed by atoms with Crippen molar-refractivity contribution in [2.24, 2.45) is 11.3 Å². The molecule has 2 atom stereocenters. The molecule has 2 nitrogen and oxygen atoms in total. The first-order valence-electron chi connectivity index (χ1n) is 7.01. The molecule has 3 heteroatoms. The summed E-state index contributed by atoms with van der Waals surface area (Å²) < 4.78 is 6.50. The average Bonchev–Trinajstić information content (AvgIpc) is 2.39. The maximum absolute atomic E-state index is 12.0. The first kappa shape index (κ1) is 15.3. The van der Waals surface area contributed by atoms with Crippen LogP contribution in [0.4, 0.5) is 0 Å². The Morgan fingerprint density at radius 3 is 2.30 bits per heavy atom. The number of hydrogen-bond donors (Lipinski definition) is 0. The lowest BCUT2D eigenvalue weighted by Gasteiger charge is -2.32. The first-order valence-corrected chi connectivity index (χ1v) is 7.80. The zero-order chi connectivity index (χ0) is 14.8. The number of rotatable bonds is 2. The summed E-state index contributed by atoms with van der Waals surface area (Å²) in [5.41, 5.74) is 0.872. The second kappa shape index (κ2) is 6.13. The zero-order valence-corrected chi connectivity index (χ0v) is 13.8. The van der Waals surface area contributed by atoms with Crippen LogP contribution in [0, 0.1) is 11.3 Å². The molecule has 0 saturated carbocycles. The Hall–Kier alpha value is -1.09. The van der Waals surface area contributed by atoms with E-state index >= 15 is 0 Å². The molecule has 0 amide bonds. The van der Waals surface area contributed by atoms with Crippen LogP contribution in [0.2, 0.25) is 0 Å². The highest BCUT2D eigenvalue weighted by atomic mass is 79.9. The van der Waals surface area contributed by atoms with Gasteiger partial charge in [0.25, 0.3) is 0 Å². The minimum Gasteiger partial charge on any atom is -0.455 e. The fourth-order valence-electron chi connectivity index (χ4n) is 2.41. The van der Waals surface area contributed by atoms with Crippen LogP contribution in [0.5, 0.6) is 0 Å². The zero-order valence-electron chi connectivity index (χ0n) is 12.2. The van der Waals surface area contributed by atoms with Crippen molar-refractivity contribution in [1.29, 1.82) is 0 Å². The molecule has 2 unspecified atom stereocenters. The van der Waals surface area contributed by atoms with E-state index in [1.54, 1.807) is 12.1 Å². The topological polar surface area (TPSA) is 26.3 Å². The number of carbonyl (C=O) groups is 1. The van der Waals surface area contributed by atoms with Crippen LogP contribution in [-0.2, 0) is 4.74 Å². The Kier molecular flexibility index (Phi) is 4.69. The summed E-state index contributed by atoms with van der Waals surface area (Å²) in [6.07, 6.45) is 6.11. The predicted molar refractivity (Wildman–Crippen MR) is 84.7 cm³/mol. The summed E-state index contributed by atoms with van der Waals surface area (Å²) in [5.74, 6) is 0.312. The largest absolute Gasteiger partial charge is 0.455 e. The standard InChI is InChI=1S/C17H21BrO2/c1-17(2,3)13-6-10-15(11-7-13)20-16(19)12-4-8-14(18)9-5-12/h4-6,8-10,13,15H,7,11H2,1-3H3. The van der Waals surface area contributed by atoms with Gasteiger partial charge < -0.3 is 4.74 Å². The second-order valence-electron chi connectivity index (χ2n) is 6.39. The number of benzene rings is 1. The molecule has 1 aliphatic carbocycles. The summed E-state index contributed by atoms with van der Waals surface area (Å²) in [6, 6.07) is 7.25. The molecule has 0 aromatic heterocycles. The second-order valence-corrected chi connectivity index (χ2v) is 7.30. The monoisotopic (exact) mass is 336 g/mol. The van der Waals surface area contributed by atoms with Crippen molar-refractivity contribution in [3.05, 3.63) is 46.5 Å². The van der Waals surface area contributed by atoms with Gasteiger partial charge in [-0.25, -0.2) is 4.79 Å². The Morgan fingerprint density at radius 2 is 1.80 bits per heavy atom. The SMILES string of the molecule is CC(C)(C)C1C=CC(OC(=O)c2ccc(Br)cc2)CC1. The number of esters is 1. The van der Waals surface area contributed by atoms with Crippen LogP contribution < -0.4 is 0 Å².